The SMILES string of the molecule is CCc1ccc(CS(=O)c2ccc(N)cc2Br)s1. The molecule has 0 radical (unpaired) electrons. The van der Waals surface area contributed by atoms with E-state index in [2.05, 4.69) is 35.0 Å². The predicted octanol–water partition coefficient (Wildman–Crippen LogP) is 3.96. The van der Waals surface area contributed by atoms with Gasteiger partial charge < -0.3 is 5.73 Å². The van der Waals surface area contributed by atoms with E-state index in [1.165, 1.54) is 4.88 Å². The molecule has 0 bridgehead atoms. The number of hydrogen-bond acceptors (Lipinski definition) is 3. The summed E-state index contributed by atoms with van der Waals surface area (Å²) in [5.74, 6) is 0.563. The van der Waals surface area contributed by atoms with Crippen LogP contribution < -0.4 is 5.73 Å². The molecule has 18 heavy (non-hydrogen) atoms. The molecule has 2 nitrogen and oxygen atoms in total. The predicted molar refractivity (Wildman–Crippen MR) is 82.4 cm³/mol. The number of hydrogen-bond donors (Lipinski definition) is 1. The highest BCUT2D eigenvalue weighted by atomic mass is 79.9. The van der Waals surface area contributed by atoms with Gasteiger partial charge in [0.2, 0.25) is 0 Å². The zero-order chi connectivity index (χ0) is 13.1. The number of benzene rings is 1. The van der Waals surface area contributed by atoms with Gasteiger partial charge in [0.05, 0.1) is 21.4 Å². The Morgan fingerprint density at radius 3 is 2.61 bits per heavy atom. The summed E-state index contributed by atoms with van der Waals surface area (Å²) in [5.41, 5.74) is 6.35. The van der Waals surface area contributed by atoms with Gasteiger partial charge in [-0.05, 0) is 52.7 Å². The number of nitrogen functional groups attached to an aromatic ring is 1. The number of anilines is 1. The zero-order valence-corrected chi connectivity index (χ0v) is 13.2. The van der Waals surface area contributed by atoms with Crippen LogP contribution in [0.5, 0.6) is 0 Å². The molecule has 2 rings (SSSR count). The second kappa shape index (κ2) is 5.99. The van der Waals surface area contributed by atoms with Crippen LogP contribution in [0, 0.1) is 0 Å². The Hall–Kier alpha value is -0.650. The Morgan fingerprint density at radius 2 is 2.00 bits per heavy atom. The van der Waals surface area contributed by atoms with Crippen LogP contribution in [0.2, 0.25) is 0 Å². The van der Waals surface area contributed by atoms with Crippen molar-refractivity contribution in [3.63, 3.8) is 0 Å². The first-order valence-corrected chi connectivity index (χ1v) is 8.54. The highest BCUT2D eigenvalue weighted by Crippen LogP contribution is 2.26. The fourth-order valence-electron chi connectivity index (χ4n) is 1.60. The molecular weight excluding hydrogens is 330 g/mol. The molecule has 2 N–H and O–H groups in total. The topological polar surface area (TPSA) is 43.1 Å². The minimum absolute atomic E-state index is 0.563. The molecule has 0 saturated heterocycles. The second-order valence-electron chi connectivity index (χ2n) is 3.90. The summed E-state index contributed by atoms with van der Waals surface area (Å²) in [5, 5.41) is 0. The van der Waals surface area contributed by atoms with Gasteiger partial charge in [-0.1, -0.05) is 6.92 Å². The van der Waals surface area contributed by atoms with Crippen molar-refractivity contribution < 1.29 is 4.21 Å². The van der Waals surface area contributed by atoms with E-state index in [1.807, 2.05) is 6.07 Å². The van der Waals surface area contributed by atoms with Gasteiger partial charge in [-0.25, -0.2) is 0 Å². The van der Waals surface area contributed by atoms with Crippen molar-refractivity contribution in [2.75, 3.05) is 5.73 Å². The van der Waals surface area contributed by atoms with E-state index in [-0.39, 0.29) is 0 Å². The lowest BCUT2D eigenvalue weighted by Gasteiger charge is -2.04. The average Bonchev–Trinajstić information content (AvgIpc) is 2.76. The first-order valence-electron chi connectivity index (χ1n) is 5.61. The fraction of sp³-hybridized carbons (Fsp3) is 0.231. The molecule has 1 unspecified atom stereocenters. The van der Waals surface area contributed by atoms with Crippen LogP contribution in [-0.4, -0.2) is 4.21 Å². The van der Waals surface area contributed by atoms with Crippen LogP contribution >= 0.6 is 27.3 Å². The van der Waals surface area contributed by atoms with Gasteiger partial charge in [0.25, 0.3) is 0 Å². The number of nitrogens with two attached hydrogens (primary N) is 1. The van der Waals surface area contributed by atoms with E-state index in [1.54, 1.807) is 23.5 Å². The van der Waals surface area contributed by atoms with Crippen molar-refractivity contribution in [1.29, 1.82) is 0 Å². The summed E-state index contributed by atoms with van der Waals surface area (Å²) in [6, 6.07) is 9.56. The Labute approximate surface area is 122 Å². The summed E-state index contributed by atoms with van der Waals surface area (Å²) in [7, 11) is -1.03. The van der Waals surface area contributed by atoms with Crippen LogP contribution in [0.15, 0.2) is 39.7 Å². The van der Waals surface area contributed by atoms with Gasteiger partial charge >= 0.3 is 0 Å². The third-order valence-corrected chi connectivity index (χ3v) is 6.29. The molecule has 0 spiro atoms. The second-order valence-corrected chi connectivity index (χ2v) is 7.43. The normalized spacial score (nSPS) is 12.6. The Balaban J connectivity index is 2.16. The van der Waals surface area contributed by atoms with Crippen molar-refractivity contribution in [3.05, 3.63) is 44.6 Å². The summed E-state index contributed by atoms with van der Waals surface area (Å²) in [6.07, 6.45) is 1.03. The van der Waals surface area contributed by atoms with Gasteiger partial charge in [0.15, 0.2) is 0 Å². The number of rotatable bonds is 4. The van der Waals surface area contributed by atoms with Crippen LogP contribution in [0.4, 0.5) is 5.69 Å². The highest BCUT2D eigenvalue weighted by Gasteiger charge is 2.10. The molecule has 0 aliphatic heterocycles. The lowest BCUT2D eigenvalue weighted by Crippen LogP contribution is -1.97. The highest BCUT2D eigenvalue weighted by molar-refractivity contribution is 9.10. The lowest BCUT2D eigenvalue weighted by atomic mass is 10.3. The summed E-state index contributed by atoms with van der Waals surface area (Å²) < 4.78 is 13.1. The smallest absolute Gasteiger partial charge is 0.0627 e. The van der Waals surface area contributed by atoms with E-state index in [9.17, 15) is 4.21 Å². The molecule has 0 fully saturated rings. The third kappa shape index (κ3) is 3.22. The molecule has 0 aliphatic rings. The van der Waals surface area contributed by atoms with E-state index in [0.29, 0.717) is 11.4 Å². The lowest BCUT2D eigenvalue weighted by molar-refractivity contribution is 0.682. The molecule has 1 heterocycles. The third-order valence-electron chi connectivity index (χ3n) is 2.54. The molecule has 0 amide bonds. The molecule has 2 aromatic rings. The molecule has 1 aromatic heterocycles. The van der Waals surface area contributed by atoms with Gasteiger partial charge in [-0.2, -0.15) is 0 Å². The molecule has 0 aliphatic carbocycles. The molecule has 1 aromatic carbocycles. The number of thiophene rings is 1. The van der Waals surface area contributed by atoms with Gasteiger partial charge in [0, 0.05) is 19.9 Å². The molecular formula is C13H14BrNOS2. The Bertz CT molecular complexity index is 580. The molecule has 0 saturated carbocycles. The van der Waals surface area contributed by atoms with Crippen molar-refractivity contribution in [1.82, 2.24) is 0 Å². The summed E-state index contributed by atoms with van der Waals surface area (Å²) in [6.45, 7) is 2.13. The first-order chi connectivity index (χ1) is 8.60. The summed E-state index contributed by atoms with van der Waals surface area (Å²) >= 11 is 5.14. The largest absolute Gasteiger partial charge is 0.399 e. The molecule has 96 valence electrons. The van der Waals surface area contributed by atoms with E-state index in [0.717, 1.165) is 20.7 Å². The minimum Gasteiger partial charge on any atom is -0.399 e. The maximum Gasteiger partial charge on any atom is 0.0627 e. The van der Waals surface area contributed by atoms with Gasteiger partial charge in [-0.15, -0.1) is 11.3 Å². The minimum atomic E-state index is -1.03. The van der Waals surface area contributed by atoms with Crippen LogP contribution in [-0.2, 0) is 23.0 Å². The molecule has 1 atom stereocenters. The van der Waals surface area contributed by atoms with Crippen molar-refractivity contribution in [2.24, 2.45) is 0 Å². The maximum atomic E-state index is 12.3. The van der Waals surface area contributed by atoms with Crippen LogP contribution in [0.25, 0.3) is 0 Å². The molecule has 5 heteroatoms. The quantitative estimate of drug-likeness (QED) is 0.853. The van der Waals surface area contributed by atoms with Crippen molar-refractivity contribution >= 4 is 43.8 Å². The number of halogens is 1. The number of aryl methyl sites for hydroxylation is 1. The van der Waals surface area contributed by atoms with Gasteiger partial charge in [-0.3, -0.25) is 4.21 Å². The van der Waals surface area contributed by atoms with Crippen molar-refractivity contribution in [2.45, 2.75) is 24.0 Å². The monoisotopic (exact) mass is 343 g/mol. The van der Waals surface area contributed by atoms with E-state index < -0.39 is 10.8 Å². The standard InChI is InChI=1S/C13H14BrNOS2/c1-2-10-4-5-11(17-10)8-18(16)13-6-3-9(15)7-12(13)14/h3-7H,2,8,15H2,1H3. The maximum absolute atomic E-state index is 12.3. The Kier molecular flexibility index (Phi) is 4.59. The fourth-order valence-corrected chi connectivity index (χ4v) is 4.85. The summed E-state index contributed by atoms with van der Waals surface area (Å²) in [4.78, 5) is 3.29. The van der Waals surface area contributed by atoms with Crippen LogP contribution in [0.1, 0.15) is 16.7 Å². The van der Waals surface area contributed by atoms with Crippen LogP contribution in [0.3, 0.4) is 0 Å². The van der Waals surface area contributed by atoms with Crippen molar-refractivity contribution in [3.8, 4) is 0 Å². The first kappa shape index (κ1) is 13.8. The van der Waals surface area contributed by atoms with E-state index >= 15 is 0 Å². The van der Waals surface area contributed by atoms with Gasteiger partial charge in [0.1, 0.15) is 0 Å². The van der Waals surface area contributed by atoms with E-state index in [4.69, 9.17) is 5.73 Å². The average molecular weight is 344 g/mol. The Morgan fingerprint density at radius 1 is 1.28 bits per heavy atom. The zero-order valence-electron chi connectivity index (χ0n) is 9.98.